The molecule has 1 aromatic rings. The Morgan fingerprint density at radius 2 is 1.42 bits per heavy atom. The van der Waals surface area contributed by atoms with Crippen LogP contribution in [0.15, 0.2) is 24.5 Å². The van der Waals surface area contributed by atoms with E-state index >= 15 is 0 Å². The van der Waals surface area contributed by atoms with Gasteiger partial charge in [-0.2, -0.15) is 0 Å². The van der Waals surface area contributed by atoms with Crippen LogP contribution in [0.1, 0.15) is 27.7 Å². The molecule has 2 nitrogen and oxygen atoms in total. The summed E-state index contributed by atoms with van der Waals surface area (Å²) in [7, 11) is 0. The molecule has 2 heteroatoms. The van der Waals surface area contributed by atoms with Crippen LogP contribution in [0.5, 0.6) is 0 Å². The van der Waals surface area contributed by atoms with Gasteiger partial charge in [0.1, 0.15) is 0 Å². The Morgan fingerprint density at radius 3 is 1.75 bits per heavy atom. The van der Waals surface area contributed by atoms with Crippen molar-refractivity contribution in [3.05, 3.63) is 24.5 Å². The molecule has 0 aliphatic rings. The molecule has 12 heavy (non-hydrogen) atoms. The highest BCUT2D eigenvalue weighted by atomic mass is 16.3. The summed E-state index contributed by atoms with van der Waals surface area (Å²) in [5.74, 6) is 0. The molecule has 0 saturated carbocycles. The first-order valence-electron chi connectivity index (χ1n) is 4.21. The highest BCUT2D eigenvalue weighted by molar-refractivity contribution is 5.01. The lowest BCUT2D eigenvalue weighted by molar-refractivity contribution is -0.0260. The van der Waals surface area contributed by atoms with E-state index < -0.39 is 5.60 Å². The molecule has 0 atom stereocenters. The summed E-state index contributed by atoms with van der Waals surface area (Å²) in [4.78, 5) is 0. The van der Waals surface area contributed by atoms with Crippen LogP contribution in [0.3, 0.4) is 0 Å². The van der Waals surface area contributed by atoms with Crippen molar-refractivity contribution in [2.24, 2.45) is 0 Å². The fourth-order valence-electron chi connectivity index (χ4n) is 1.02. The van der Waals surface area contributed by atoms with E-state index in [9.17, 15) is 5.11 Å². The third-order valence-corrected chi connectivity index (χ3v) is 2.75. The van der Waals surface area contributed by atoms with Crippen LogP contribution in [0.4, 0.5) is 0 Å². The molecule has 0 aliphatic heterocycles. The molecule has 0 fully saturated rings. The second kappa shape index (κ2) is 2.63. The van der Waals surface area contributed by atoms with E-state index in [1.807, 2.05) is 56.8 Å². The Morgan fingerprint density at radius 1 is 1.00 bits per heavy atom. The van der Waals surface area contributed by atoms with E-state index in [2.05, 4.69) is 0 Å². The Labute approximate surface area is 73.8 Å². The number of hydrogen-bond donors (Lipinski definition) is 1. The van der Waals surface area contributed by atoms with Crippen LogP contribution < -0.4 is 0 Å². The molecule has 1 aromatic heterocycles. The quantitative estimate of drug-likeness (QED) is 0.716. The predicted octanol–water partition coefficient (Wildman–Crippen LogP) is 1.99. The fourth-order valence-corrected chi connectivity index (χ4v) is 1.02. The number of hydrogen-bond acceptors (Lipinski definition) is 1. The van der Waals surface area contributed by atoms with E-state index in [-0.39, 0.29) is 5.54 Å². The zero-order valence-corrected chi connectivity index (χ0v) is 8.20. The smallest absolute Gasteiger partial charge is 0.0820 e. The zero-order valence-electron chi connectivity index (χ0n) is 8.20. The number of aliphatic hydroxyl groups is 1. The molecular weight excluding hydrogens is 150 g/mol. The van der Waals surface area contributed by atoms with Crippen molar-refractivity contribution in [3.8, 4) is 0 Å². The molecule has 68 valence electrons. The SMILES string of the molecule is CC(C)(O)C(C)(C)n1cccc1. The monoisotopic (exact) mass is 167 g/mol. The van der Waals surface area contributed by atoms with Crippen LogP contribution in [0, 0.1) is 0 Å². The predicted molar refractivity (Wildman–Crippen MR) is 50.1 cm³/mol. The van der Waals surface area contributed by atoms with Crippen molar-refractivity contribution >= 4 is 0 Å². The number of rotatable bonds is 2. The molecule has 0 aromatic carbocycles. The van der Waals surface area contributed by atoms with E-state index in [0.717, 1.165) is 0 Å². The normalized spacial score (nSPS) is 13.4. The minimum atomic E-state index is -0.716. The van der Waals surface area contributed by atoms with Gasteiger partial charge in [-0.15, -0.1) is 0 Å². The maximum atomic E-state index is 9.90. The summed E-state index contributed by atoms with van der Waals surface area (Å²) < 4.78 is 2.02. The molecule has 0 aliphatic carbocycles. The largest absolute Gasteiger partial charge is 0.388 e. The van der Waals surface area contributed by atoms with Crippen molar-refractivity contribution < 1.29 is 5.11 Å². The molecule has 1 heterocycles. The second-order valence-corrected chi connectivity index (χ2v) is 4.21. The van der Waals surface area contributed by atoms with Gasteiger partial charge in [0.05, 0.1) is 11.1 Å². The van der Waals surface area contributed by atoms with Gasteiger partial charge in [0.15, 0.2) is 0 Å². The molecule has 1 N–H and O–H groups in total. The van der Waals surface area contributed by atoms with Gasteiger partial charge in [0.2, 0.25) is 0 Å². The highest BCUT2D eigenvalue weighted by Crippen LogP contribution is 2.28. The van der Waals surface area contributed by atoms with Crippen molar-refractivity contribution in [1.82, 2.24) is 4.57 Å². The van der Waals surface area contributed by atoms with Crippen LogP contribution >= 0.6 is 0 Å². The summed E-state index contributed by atoms with van der Waals surface area (Å²) in [6, 6.07) is 3.93. The second-order valence-electron chi connectivity index (χ2n) is 4.21. The minimum absolute atomic E-state index is 0.267. The van der Waals surface area contributed by atoms with Crippen molar-refractivity contribution in [3.63, 3.8) is 0 Å². The van der Waals surface area contributed by atoms with Crippen LogP contribution in [-0.2, 0) is 5.54 Å². The van der Waals surface area contributed by atoms with Gasteiger partial charge in [-0.1, -0.05) is 0 Å². The van der Waals surface area contributed by atoms with Crippen LogP contribution in [0.2, 0.25) is 0 Å². The van der Waals surface area contributed by atoms with Gasteiger partial charge in [-0.3, -0.25) is 0 Å². The van der Waals surface area contributed by atoms with E-state index in [4.69, 9.17) is 0 Å². The van der Waals surface area contributed by atoms with E-state index in [0.29, 0.717) is 0 Å². The Kier molecular flexibility index (Phi) is 2.04. The lowest BCUT2D eigenvalue weighted by Crippen LogP contribution is -2.46. The summed E-state index contributed by atoms with van der Waals surface area (Å²) in [5.41, 5.74) is -0.984. The molecule has 0 saturated heterocycles. The topological polar surface area (TPSA) is 25.2 Å². The fraction of sp³-hybridized carbons (Fsp3) is 0.600. The molecule has 0 amide bonds. The van der Waals surface area contributed by atoms with Crippen molar-refractivity contribution in [1.29, 1.82) is 0 Å². The zero-order chi connectivity index (χ0) is 9.41. The van der Waals surface area contributed by atoms with Gasteiger partial charge in [-0.25, -0.2) is 0 Å². The summed E-state index contributed by atoms with van der Waals surface area (Å²) >= 11 is 0. The standard InChI is InChI=1S/C10H17NO/c1-9(2,10(3,4)12)11-7-5-6-8-11/h5-8,12H,1-4H3. The maximum absolute atomic E-state index is 9.90. The Balaban J connectivity index is 3.02. The summed E-state index contributed by atoms with van der Waals surface area (Å²) in [5, 5.41) is 9.90. The average Bonchev–Trinajstić information content (AvgIpc) is 2.34. The molecule has 0 spiro atoms. The molecule has 1 rings (SSSR count). The summed E-state index contributed by atoms with van der Waals surface area (Å²) in [6.45, 7) is 7.69. The summed E-state index contributed by atoms with van der Waals surface area (Å²) in [6.07, 6.45) is 3.94. The third-order valence-electron chi connectivity index (χ3n) is 2.75. The van der Waals surface area contributed by atoms with E-state index in [1.54, 1.807) is 0 Å². The van der Waals surface area contributed by atoms with Gasteiger partial charge in [-0.05, 0) is 39.8 Å². The van der Waals surface area contributed by atoms with Crippen LogP contribution in [-0.4, -0.2) is 15.3 Å². The van der Waals surface area contributed by atoms with E-state index in [1.165, 1.54) is 0 Å². The van der Waals surface area contributed by atoms with Crippen molar-refractivity contribution in [2.75, 3.05) is 0 Å². The van der Waals surface area contributed by atoms with Crippen molar-refractivity contribution in [2.45, 2.75) is 38.8 Å². The van der Waals surface area contributed by atoms with Gasteiger partial charge in [0, 0.05) is 12.4 Å². The van der Waals surface area contributed by atoms with Crippen LogP contribution in [0.25, 0.3) is 0 Å². The Hall–Kier alpha value is -0.760. The van der Waals surface area contributed by atoms with Gasteiger partial charge in [0.25, 0.3) is 0 Å². The lowest BCUT2D eigenvalue weighted by Gasteiger charge is -2.38. The molecule has 0 unspecified atom stereocenters. The lowest BCUT2D eigenvalue weighted by atomic mass is 9.86. The average molecular weight is 167 g/mol. The van der Waals surface area contributed by atoms with Gasteiger partial charge >= 0.3 is 0 Å². The van der Waals surface area contributed by atoms with Gasteiger partial charge < -0.3 is 9.67 Å². The Bertz CT molecular complexity index is 241. The maximum Gasteiger partial charge on any atom is 0.0820 e. The first kappa shape index (κ1) is 9.33. The minimum Gasteiger partial charge on any atom is -0.388 e. The molecule has 0 bridgehead atoms. The first-order chi connectivity index (χ1) is 5.36. The molecule has 0 radical (unpaired) electrons. The first-order valence-corrected chi connectivity index (χ1v) is 4.21. The highest BCUT2D eigenvalue weighted by Gasteiger charge is 2.35. The molecular formula is C10H17NO. The third kappa shape index (κ3) is 1.39. The number of nitrogens with zero attached hydrogens (tertiary/aromatic N) is 1. The number of aromatic nitrogens is 1.